The summed E-state index contributed by atoms with van der Waals surface area (Å²) >= 11 is 0. The lowest BCUT2D eigenvalue weighted by atomic mass is 9.91. The molecule has 2 aromatic rings. The van der Waals surface area contributed by atoms with Crippen molar-refractivity contribution in [1.82, 2.24) is 4.90 Å². The van der Waals surface area contributed by atoms with Crippen LogP contribution in [0.15, 0.2) is 49.1 Å². The third-order valence-corrected chi connectivity index (χ3v) is 4.95. The molecule has 1 atom stereocenters. The molecule has 3 rings (SSSR count). The zero-order valence-electron chi connectivity index (χ0n) is 16.0. The largest absolute Gasteiger partial charge is 0.493 e. The molecule has 1 N–H and O–H groups in total. The SMILES string of the molecule is C=CCc1cc(C(=O)N2CCc3ccccc3C2C(=O)O)cc(OC)c1OC. The summed E-state index contributed by atoms with van der Waals surface area (Å²) in [6, 6.07) is 9.63. The lowest BCUT2D eigenvalue weighted by molar-refractivity contribution is -0.143. The molecule has 0 fully saturated rings. The molecule has 146 valence electrons. The molecular formula is C22H23NO5. The molecule has 0 saturated heterocycles. The first-order valence-corrected chi connectivity index (χ1v) is 8.99. The highest BCUT2D eigenvalue weighted by Crippen LogP contribution is 2.36. The Morgan fingerprint density at radius 1 is 1.25 bits per heavy atom. The molecule has 0 saturated carbocycles. The van der Waals surface area contributed by atoms with Crippen molar-refractivity contribution in [2.45, 2.75) is 18.9 Å². The first-order chi connectivity index (χ1) is 13.5. The molecule has 6 nitrogen and oxygen atoms in total. The molecule has 28 heavy (non-hydrogen) atoms. The molecule has 1 heterocycles. The Bertz CT molecular complexity index is 921. The fourth-order valence-electron chi connectivity index (χ4n) is 3.69. The number of carboxylic acids is 1. The average Bonchev–Trinajstić information content (AvgIpc) is 2.71. The number of carbonyl (C=O) groups excluding carboxylic acids is 1. The van der Waals surface area contributed by atoms with E-state index < -0.39 is 12.0 Å². The maximum absolute atomic E-state index is 13.3. The van der Waals surface area contributed by atoms with E-state index in [9.17, 15) is 14.7 Å². The summed E-state index contributed by atoms with van der Waals surface area (Å²) in [5.41, 5.74) is 2.73. The van der Waals surface area contributed by atoms with Gasteiger partial charge >= 0.3 is 5.97 Å². The zero-order chi connectivity index (χ0) is 20.3. The Morgan fingerprint density at radius 3 is 2.64 bits per heavy atom. The number of fused-ring (bicyclic) bond motifs is 1. The molecule has 0 spiro atoms. The van der Waals surface area contributed by atoms with E-state index in [-0.39, 0.29) is 5.91 Å². The number of benzene rings is 2. The van der Waals surface area contributed by atoms with E-state index in [2.05, 4.69) is 6.58 Å². The van der Waals surface area contributed by atoms with Gasteiger partial charge < -0.3 is 19.5 Å². The Morgan fingerprint density at radius 2 is 2.00 bits per heavy atom. The second-order valence-corrected chi connectivity index (χ2v) is 6.55. The molecule has 2 aromatic carbocycles. The Balaban J connectivity index is 2.05. The summed E-state index contributed by atoms with van der Waals surface area (Å²) in [6.45, 7) is 4.07. The molecule has 1 aliphatic heterocycles. The van der Waals surface area contributed by atoms with Crippen molar-refractivity contribution < 1.29 is 24.2 Å². The molecule has 1 amide bonds. The van der Waals surface area contributed by atoms with E-state index in [4.69, 9.17) is 9.47 Å². The van der Waals surface area contributed by atoms with Gasteiger partial charge in [-0.25, -0.2) is 4.79 Å². The van der Waals surface area contributed by atoms with Crippen LogP contribution in [-0.4, -0.2) is 42.6 Å². The second kappa shape index (κ2) is 8.17. The first kappa shape index (κ1) is 19.5. The monoisotopic (exact) mass is 381 g/mol. The number of allylic oxidation sites excluding steroid dienone is 1. The van der Waals surface area contributed by atoms with Gasteiger partial charge in [-0.2, -0.15) is 0 Å². The van der Waals surface area contributed by atoms with Crippen molar-refractivity contribution in [3.63, 3.8) is 0 Å². The van der Waals surface area contributed by atoms with E-state index in [1.807, 2.05) is 12.1 Å². The maximum Gasteiger partial charge on any atom is 0.331 e. The zero-order valence-corrected chi connectivity index (χ0v) is 16.0. The fraction of sp³-hybridized carbons (Fsp3) is 0.273. The second-order valence-electron chi connectivity index (χ2n) is 6.55. The van der Waals surface area contributed by atoms with E-state index in [1.54, 1.807) is 30.3 Å². The number of hydrogen-bond acceptors (Lipinski definition) is 4. The molecule has 0 radical (unpaired) electrons. The smallest absolute Gasteiger partial charge is 0.331 e. The lowest BCUT2D eigenvalue weighted by Gasteiger charge is -2.35. The van der Waals surface area contributed by atoms with E-state index >= 15 is 0 Å². The number of hydrogen-bond donors (Lipinski definition) is 1. The van der Waals surface area contributed by atoms with Gasteiger partial charge in [0.1, 0.15) is 0 Å². The van der Waals surface area contributed by atoms with E-state index in [1.165, 1.54) is 19.1 Å². The number of methoxy groups -OCH3 is 2. The third kappa shape index (κ3) is 3.45. The van der Waals surface area contributed by atoms with E-state index in [0.717, 1.165) is 11.1 Å². The van der Waals surface area contributed by atoms with Crippen LogP contribution in [0.1, 0.15) is 33.1 Å². The molecule has 0 aliphatic carbocycles. The summed E-state index contributed by atoms with van der Waals surface area (Å²) in [6.07, 6.45) is 2.81. The van der Waals surface area contributed by atoms with Crippen LogP contribution in [-0.2, 0) is 17.6 Å². The number of carboxylic acid groups (broad SMARTS) is 1. The normalized spacial score (nSPS) is 15.5. The van der Waals surface area contributed by atoms with Crippen LogP contribution in [0, 0.1) is 0 Å². The van der Waals surface area contributed by atoms with Crippen molar-refractivity contribution in [3.05, 3.63) is 71.3 Å². The van der Waals surface area contributed by atoms with Crippen LogP contribution in [0.2, 0.25) is 0 Å². The summed E-state index contributed by atoms with van der Waals surface area (Å²) in [7, 11) is 3.04. The molecule has 6 heteroatoms. The van der Waals surface area contributed by atoms with Crippen LogP contribution in [0.3, 0.4) is 0 Å². The topological polar surface area (TPSA) is 76.1 Å². The van der Waals surface area contributed by atoms with Crippen LogP contribution in [0.4, 0.5) is 0 Å². The van der Waals surface area contributed by atoms with Gasteiger partial charge in [0.25, 0.3) is 5.91 Å². The number of aliphatic carboxylic acids is 1. The lowest BCUT2D eigenvalue weighted by Crippen LogP contribution is -2.43. The quantitative estimate of drug-likeness (QED) is 0.778. The van der Waals surface area contributed by atoms with Gasteiger partial charge in [0, 0.05) is 17.7 Å². The predicted octanol–water partition coefficient (Wildman–Crippen LogP) is 3.26. The molecule has 1 aliphatic rings. The minimum absolute atomic E-state index is 0.331. The molecular weight excluding hydrogens is 358 g/mol. The minimum Gasteiger partial charge on any atom is -0.493 e. The van der Waals surface area contributed by atoms with Crippen LogP contribution < -0.4 is 9.47 Å². The highest BCUT2D eigenvalue weighted by Gasteiger charge is 2.36. The van der Waals surface area contributed by atoms with Crippen molar-refractivity contribution in [2.24, 2.45) is 0 Å². The van der Waals surface area contributed by atoms with E-state index in [0.29, 0.717) is 42.0 Å². The number of ether oxygens (including phenoxy) is 2. The van der Waals surface area contributed by atoms with Gasteiger partial charge in [0.05, 0.1) is 14.2 Å². The molecule has 0 aromatic heterocycles. The predicted molar refractivity (Wildman–Crippen MR) is 105 cm³/mol. The summed E-state index contributed by atoms with van der Waals surface area (Å²) < 4.78 is 10.8. The number of nitrogens with zero attached hydrogens (tertiary/aromatic N) is 1. The molecule has 1 unspecified atom stereocenters. The van der Waals surface area contributed by atoms with Gasteiger partial charge in [-0.15, -0.1) is 6.58 Å². The molecule has 0 bridgehead atoms. The third-order valence-electron chi connectivity index (χ3n) is 4.95. The van der Waals surface area contributed by atoms with Gasteiger partial charge in [0.2, 0.25) is 0 Å². The van der Waals surface area contributed by atoms with Gasteiger partial charge in [0.15, 0.2) is 17.5 Å². The summed E-state index contributed by atoms with van der Waals surface area (Å²) in [4.78, 5) is 26.7. The van der Waals surface area contributed by atoms with Crippen LogP contribution >= 0.6 is 0 Å². The van der Waals surface area contributed by atoms with Gasteiger partial charge in [-0.1, -0.05) is 30.3 Å². The minimum atomic E-state index is -1.05. The number of carbonyl (C=O) groups is 2. The highest BCUT2D eigenvalue weighted by atomic mass is 16.5. The summed E-state index contributed by atoms with van der Waals surface area (Å²) in [5, 5.41) is 9.82. The van der Waals surface area contributed by atoms with Crippen molar-refractivity contribution in [3.8, 4) is 11.5 Å². The van der Waals surface area contributed by atoms with Crippen LogP contribution in [0.5, 0.6) is 11.5 Å². The fourth-order valence-corrected chi connectivity index (χ4v) is 3.69. The Labute approximate surface area is 164 Å². The standard InChI is InChI=1S/C22H23NO5/c1-4-7-15-12-16(13-18(27-2)20(15)28-3)21(24)23-11-10-14-8-5-6-9-17(14)19(23)22(25)26/h4-6,8-9,12-13,19H,1,7,10-11H2,2-3H3,(H,25,26). The van der Waals surface area contributed by atoms with Crippen molar-refractivity contribution in [1.29, 1.82) is 0 Å². The number of amides is 1. The Hall–Kier alpha value is -3.28. The summed E-state index contributed by atoms with van der Waals surface area (Å²) in [5.74, 6) is -0.437. The van der Waals surface area contributed by atoms with Crippen molar-refractivity contribution >= 4 is 11.9 Å². The average molecular weight is 381 g/mol. The highest BCUT2D eigenvalue weighted by molar-refractivity contribution is 5.98. The Kier molecular flexibility index (Phi) is 5.68. The first-order valence-electron chi connectivity index (χ1n) is 8.99. The number of rotatable bonds is 6. The van der Waals surface area contributed by atoms with Gasteiger partial charge in [-0.05, 0) is 36.1 Å². The van der Waals surface area contributed by atoms with Crippen molar-refractivity contribution in [2.75, 3.05) is 20.8 Å². The maximum atomic E-state index is 13.3. The van der Waals surface area contributed by atoms with Crippen LogP contribution in [0.25, 0.3) is 0 Å². The van der Waals surface area contributed by atoms with Gasteiger partial charge in [-0.3, -0.25) is 4.79 Å².